The molecular weight excluding hydrogens is 387 g/mol. The van der Waals surface area contributed by atoms with E-state index >= 15 is 0 Å². The van der Waals surface area contributed by atoms with E-state index in [1.165, 1.54) is 23.8 Å². The van der Waals surface area contributed by atoms with Gasteiger partial charge in [0.15, 0.2) is 0 Å². The lowest BCUT2D eigenvalue weighted by Crippen LogP contribution is -2.22. The zero-order valence-electron chi connectivity index (χ0n) is 16.4. The second kappa shape index (κ2) is 7.87. The molecule has 1 amide bonds. The molecule has 0 saturated carbocycles. The maximum absolute atomic E-state index is 13.2. The lowest BCUT2D eigenvalue weighted by Gasteiger charge is -2.10. The summed E-state index contributed by atoms with van der Waals surface area (Å²) in [6.45, 7) is 1.88. The van der Waals surface area contributed by atoms with Crippen LogP contribution in [0.2, 0.25) is 0 Å². The number of fused-ring (bicyclic) bond motifs is 1. The van der Waals surface area contributed by atoms with Crippen LogP contribution in [0.25, 0.3) is 11.0 Å². The first-order valence-corrected chi connectivity index (χ1v) is 9.29. The zero-order chi connectivity index (χ0) is 21.3. The molecule has 6 nitrogen and oxygen atoms in total. The van der Waals surface area contributed by atoms with Gasteiger partial charge in [-0.05, 0) is 42.8 Å². The van der Waals surface area contributed by atoms with Crippen molar-refractivity contribution in [3.8, 4) is 5.75 Å². The number of carbonyl (C=O) groups excluding carboxylic acids is 1. The van der Waals surface area contributed by atoms with Gasteiger partial charge < -0.3 is 19.0 Å². The van der Waals surface area contributed by atoms with Gasteiger partial charge in [0.2, 0.25) is 0 Å². The summed E-state index contributed by atoms with van der Waals surface area (Å²) >= 11 is 0. The second-order valence-electron chi connectivity index (χ2n) is 6.80. The van der Waals surface area contributed by atoms with Gasteiger partial charge in [-0.1, -0.05) is 24.3 Å². The summed E-state index contributed by atoms with van der Waals surface area (Å²) in [5, 5.41) is 2.98. The van der Waals surface area contributed by atoms with Crippen molar-refractivity contribution < 1.29 is 18.3 Å². The summed E-state index contributed by atoms with van der Waals surface area (Å²) in [6, 6.07) is 14.6. The van der Waals surface area contributed by atoms with Crippen molar-refractivity contribution in [1.29, 1.82) is 0 Å². The van der Waals surface area contributed by atoms with Crippen molar-refractivity contribution in [1.82, 2.24) is 4.57 Å². The van der Waals surface area contributed by atoms with Crippen molar-refractivity contribution in [3.63, 3.8) is 0 Å². The Kier molecular flexibility index (Phi) is 5.10. The van der Waals surface area contributed by atoms with Crippen LogP contribution in [-0.4, -0.2) is 17.6 Å². The fraction of sp³-hybridized carbons (Fsp3) is 0.130. The van der Waals surface area contributed by atoms with Gasteiger partial charge in [0.1, 0.15) is 22.9 Å². The monoisotopic (exact) mass is 406 g/mol. The first kappa shape index (κ1) is 19.4. The average molecular weight is 406 g/mol. The number of hydrogen-bond acceptors (Lipinski definition) is 4. The van der Waals surface area contributed by atoms with E-state index in [0.717, 1.165) is 5.56 Å². The van der Waals surface area contributed by atoms with E-state index in [0.29, 0.717) is 22.8 Å². The number of rotatable bonds is 5. The van der Waals surface area contributed by atoms with Crippen LogP contribution in [0.5, 0.6) is 5.75 Å². The Labute approximate surface area is 171 Å². The molecule has 2 aromatic heterocycles. The van der Waals surface area contributed by atoms with E-state index in [2.05, 4.69) is 5.32 Å². The molecule has 7 heteroatoms. The highest BCUT2D eigenvalue weighted by atomic mass is 19.1. The molecule has 4 aromatic rings. The molecule has 0 spiro atoms. The lowest BCUT2D eigenvalue weighted by atomic mass is 10.1. The number of aromatic nitrogens is 1. The minimum Gasteiger partial charge on any atom is -0.495 e. The van der Waals surface area contributed by atoms with Gasteiger partial charge in [-0.2, -0.15) is 0 Å². The second-order valence-corrected chi connectivity index (χ2v) is 6.80. The van der Waals surface area contributed by atoms with Crippen LogP contribution in [0.15, 0.2) is 70.0 Å². The molecule has 30 heavy (non-hydrogen) atoms. The number of furan rings is 1. The van der Waals surface area contributed by atoms with Gasteiger partial charge in [-0.3, -0.25) is 9.59 Å². The number of amides is 1. The SMILES string of the molecule is COc1ccccc1NC(=O)c1c(C)oc2ccn(Cc3ccc(F)cc3)c(=O)c12. The summed E-state index contributed by atoms with van der Waals surface area (Å²) < 4.78 is 25.5. The molecule has 2 aromatic carbocycles. The number of methoxy groups -OCH3 is 1. The van der Waals surface area contributed by atoms with Crippen LogP contribution >= 0.6 is 0 Å². The topological polar surface area (TPSA) is 73.5 Å². The molecule has 0 aliphatic heterocycles. The largest absolute Gasteiger partial charge is 0.495 e. The summed E-state index contributed by atoms with van der Waals surface area (Å²) in [6.07, 6.45) is 1.60. The molecule has 0 fully saturated rings. The van der Waals surface area contributed by atoms with Crippen molar-refractivity contribution >= 4 is 22.6 Å². The first-order chi connectivity index (χ1) is 14.5. The van der Waals surface area contributed by atoms with Gasteiger partial charge in [-0.25, -0.2) is 4.39 Å². The normalized spacial score (nSPS) is 10.9. The third-order valence-electron chi connectivity index (χ3n) is 4.84. The number of carbonyl (C=O) groups is 1. The third kappa shape index (κ3) is 3.57. The van der Waals surface area contributed by atoms with Gasteiger partial charge in [0.05, 0.1) is 30.3 Å². The number of pyridine rings is 1. The Bertz CT molecular complexity index is 1290. The Balaban J connectivity index is 1.74. The Morgan fingerprint density at radius 3 is 2.60 bits per heavy atom. The number of anilines is 1. The zero-order valence-corrected chi connectivity index (χ0v) is 16.4. The van der Waals surface area contributed by atoms with Crippen LogP contribution in [0, 0.1) is 12.7 Å². The minimum atomic E-state index is -0.465. The number of para-hydroxylation sites is 2. The fourth-order valence-electron chi connectivity index (χ4n) is 3.38. The summed E-state index contributed by atoms with van der Waals surface area (Å²) in [5.41, 5.74) is 1.39. The van der Waals surface area contributed by atoms with Gasteiger partial charge in [-0.15, -0.1) is 0 Å². The van der Waals surface area contributed by atoms with Gasteiger partial charge >= 0.3 is 0 Å². The Morgan fingerprint density at radius 1 is 1.13 bits per heavy atom. The first-order valence-electron chi connectivity index (χ1n) is 9.29. The van der Waals surface area contributed by atoms with Crippen LogP contribution in [0.3, 0.4) is 0 Å². The average Bonchev–Trinajstić information content (AvgIpc) is 3.09. The van der Waals surface area contributed by atoms with E-state index in [1.54, 1.807) is 55.6 Å². The number of ether oxygens (including phenoxy) is 1. The number of aryl methyl sites for hydroxylation is 1. The maximum Gasteiger partial charge on any atom is 0.262 e. The van der Waals surface area contributed by atoms with E-state index in [1.807, 2.05) is 0 Å². The quantitative estimate of drug-likeness (QED) is 0.535. The van der Waals surface area contributed by atoms with Gasteiger partial charge in [0, 0.05) is 6.20 Å². The van der Waals surface area contributed by atoms with Gasteiger partial charge in [0.25, 0.3) is 11.5 Å². The minimum absolute atomic E-state index is 0.175. The van der Waals surface area contributed by atoms with Crippen LogP contribution in [-0.2, 0) is 6.54 Å². The summed E-state index contributed by atoms with van der Waals surface area (Å²) in [4.78, 5) is 26.2. The molecule has 1 N–H and O–H groups in total. The predicted molar refractivity (Wildman–Crippen MR) is 112 cm³/mol. The highest BCUT2D eigenvalue weighted by Crippen LogP contribution is 2.27. The van der Waals surface area contributed by atoms with Crippen molar-refractivity contribution in [3.05, 3.63) is 93.9 Å². The smallest absolute Gasteiger partial charge is 0.262 e. The number of nitrogens with zero attached hydrogens (tertiary/aromatic N) is 1. The van der Waals surface area contributed by atoms with E-state index < -0.39 is 5.91 Å². The van der Waals surface area contributed by atoms with Crippen molar-refractivity contribution in [2.75, 3.05) is 12.4 Å². The predicted octanol–water partition coefficient (Wildman–Crippen LogP) is 4.35. The molecule has 2 heterocycles. The lowest BCUT2D eigenvalue weighted by molar-refractivity contribution is 0.102. The van der Waals surface area contributed by atoms with Crippen LogP contribution in [0.4, 0.5) is 10.1 Å². The van der Waals surface area contributed by atoms with Crippen LogP contribution in [0.1, 0.15) is 21.7 Å². The van der Waals surface area contributed by atoms with E-state index in [-0.39, 0.29) is 28.9 Å². The third-order valence-corrected chi connectivity index (χ3v) is 4.84. The molecule has 152 valence electrons. The molecule has 0 aliphatic rings. The molecular formula is C23H19FN2O4. The Morgan fingerprint density at radius 2 is 1.87 bits per heavy atom. The number of halogens is 1. The molecule has 4 rings (SSSR count). The standard InChI is InChI=1S/C23H19FN2O4/c1-14-20(22(27)25-17-5-3-4-6-18(17)29-2)21-19(30-14)11-12-26(23(21)28)13-15-7-9-16(24)10-8-15/h3-12H,13H2,1-2H3,(H,25,27). The molecule has 0 unspecified atom stereocenters. The molecule has 0 bridgehead atoms. The fourth-order valence-corrected chi connectivity index (χ4v) is 3.38. The highest BCUT2D eigenvalue weighted by molar-refractivity contribution is 6.13. The van der Waals surface area contributed by atoms with Crippen molar-refractivity contribution in [2.45, 2.75) is 13.5 Å². The van der Waals surface area contributed by atoms with Crippen molar-refractivity contribution in [2.24, 2.45) is 0 Å². The number of benzene rings is 2. The summed E-state index contributed by atoms with van der Waals surface area (Å²) in [5.74, 6) is 0.0359. The number of nitrogens with one attached hydrogen (secondary N) is 1. The van der Waals surface area contributed by atoms with E-state index in [4.69, 9.17) is 9.15 Å². The molecule has 0 saturated heterocycles. The molecule has 0 aliphatic carbocycles. The van der Waals surface area contributed by atoms with Crippen LogP contribution < -0.4 is 15.6 Å². The maximum atomic E-state index is 13.2. The van der Waals surface area contributed by atoms with E-state index in [9.17, 15) is 14.0 Å². The highest BCUT2D eigenvalue weighted by Gasteiger charge is 2.22. The Hall–Kier alpha value is -3.87. The summed E-state index contributed by atoms with van der Waals surface area (Å²) in [7, 11) is 1.51. The molecule has 0 atom stereocenters. The number of hydrogen-bond donors (Lipinski definition) is 1. The molecule has 0 radical (unpaired) electrons.